The predicted molar refractivity (Wildman–Crippen MR) is 92.7 cm³/mol. The van der Waals surface area contributed by atoms with Crippen molar-refractivity contribution in [1.82, 2.24) is 0 Å². The van der Waals surface area contributed by atoms with Crippen LogP contribution >= 0.6 is 0 Å². The molecule has 3 atom stereocenters. The zero-order chi connectivity index (χ0) is 16.6. The van der Waals surface area contributed by atoms with Crippen LogP contribution in [0.1, 0.15) is 77.6 Å². The molecule has 3 unspecified atom stereocenters. The van der Waals surface area contributed by atoms with Gasteiger partial charge in [-0.15, -0.1) is 0 Å². The maximum atomic E-state index is 9.77. The minimum Gasteiger partial charge on any atom is -0.395 e. The van der Waals surface area contributed by atoms with Crippen molar-refractivity contribution in [3.05, 3.63) is 12.2 Å². The first-order valence-corrected chi connectivity index (χ1v) is 9.01. The van der Waals surface area contributed by atoms with Crippen LogP contribution in [0.2, 0.25) is 0 Å². The fourth-order valence-electron chi connectivity index (χ4n) is 2.42. The standard InChI is InChI=1S/C18H37NO3/c1-2-3-4-5-6-7-8-9-10-11-12-16(21)13-14-18(22)17(19)15-20/h11-12,16-18,20-22H,2-10,13-15,19H2,1H3. The van der Waals surface area contributed by atoms with E-state index < -0.39 is 18.2 Å². The molecule has 0 aromatic carbocycles. The van der Waals surface area contributed by atoms with Crippen molar-refractivity contribution in [3.63, 3.8) is 0 Å². The lowest BCUT2D eigenvalue weighted by Gasteiger charge is -2.17. The van der Waals surface area contributed by atoms with E-state index in [1.54, 1.807) is 6.08 Å². The Labute approximate surface area is 136 Å². The highest BCUT2D eigenvalue weighted by atomic mass is 16.3. The Bertz CT molecular complexity index is 259. The first-order chi connectivity index (χ1) is 10.6. The van der Waals surface area contributed by atoms with E-state index in [0.29, 0.717) is 12.8 Å². The van der Waals surface area contributed by atoms with Crippen LogP contribution in [0.25, 0.3) is 0 Å². The maximum absolute atomic E-state index is 9.77. The second kappa shape index (κ2) is 15.5. The molecule has 0 saturated heterocycles. The van der Waals surface area contributed by atoms with Gasteiger partial charge in [-0.05, 0) is 25.7 Å². The normalized spacial score (nSPS) is 16.0. The molecule has 0 amide bonds. The molecule has 0 aromatic rings. The first-order valence-electron chi connectivity index (χ1n) is 9.01. The van der Waals surface area contributed by atoms with E-state index >= 15 is 0 Å². The highest BCUT2D eigenvalue weighted by Crippen LogP contribution is 2.10. The molecule has 0 aliphatic rings. The van der Waals surface area contributed by atoms with Gasteiger partial charge < -0.3 is 21.1 Å². The summed E-state index contributed by atoms with van der Waals surface area (Å²) in [5, 5.41) is 28.2. The van der Waals surface area contributed by atoms with Crippen LogP contribution in [0.3, 0.4) is 0 Å². The summed E-state index contributed by atoms with van der Waals surface area (Å²) in [6.07, 6.45) is 14.9. The van der Waals surface area contributed by atoms with E-state index in [-0.39, 0.29) is 6.61 Å². The van der Waals surface area contributed by atoms with Crippen molar-refractivity contribution in [2.75, 3.05) is 6.61 Å². The summed E-state index contributed by atoms with van der Waals surface area (Å²) >= 11 is 0. The van der Waals surface area contributed by atoms with Gasteiger partial charge in [0.15, 0.2) is 0 Å². The number of nitrogens with two attached hydrogens (primary N) is 1. The summed E-state index contributed by atoms with van der Waals surface area (Å²) in [5.74, 6) is 0. The van der Waals surface area contributed by atoms with Crippen molar-refractivity contribution < 1.29 is 15.3 Å². The summed E-state index contributed by atoms with van der Waals surface area (Å²) < 4.78 is 0. The molecule has 0 aromatic heterocycles. The number of aliphatic hydroxyl groups excluding tert-OH is 3. The molecule has 0 heterocycles. The quantitative estimate of drug-likeness (QED) is 0.276. The number of hydrogen-bond donors (Lipinski definition) is 4. The zero-order valence-electron chi connectivity index (χ0n) is 14.3. The fraction of sp³-hybridized carbons (Fsp3) is 0.889. The third-order valence-corrected chi connectivity index (χ3v) is 4.05. The van der Waals surface area contributed by atoms with Crippen LogP contribution < -0.4 is 5.73 Å². The molecule has 0 fully saturated rings. The third-order valence-electron chi connectivity index (χ3n) is 4.05. The molecule has 132 valence electrons. The lowest BCUT2D eigenvalue weighted by Crippen LogP contribution is -2.38. The predicted octanol–water partition coefficient (Wildman–Crippen LogP) is 2.90. The molecule has 0 bridgehead atoms. The van der Waals surface area contributed by atoms with Crippen LogP contribution in [-0.4, -0.2) is 40.2 Å². The van der Waals surface area contributed by atoms with Gasteiger partial charge >= 0.3 is 0 Å². The van der Waals surface area contributed by atoms with Crippen molar-refractivity contribution in [1.29, 1.82) is 0 Å². The molecule has 0 spiro atoms. The van der Waals surface area contributed by atoms with Crippen molar-refractivity contribution >= 4 is 0 Å². The second-order valence-corrected chi connectivity index (χ2v) is 6.25. The lowest BCUT2D eigenvalue weighted by molar-refractivity contribution is 0.0867. The molecular weight excluding hydrogens is 278 g/mol. The summed E-state index contributed by atoms with van der Waals surface area (Å²) in [5.41, 5.74) is 5.51. The summed E-state index contributed by atoms with van der Waals surface area (Å²) in [6, 6.07) is -0.617. The Morgan fingerprint density at radius 3 is 2.09 bits per heavy atom. The summed E-state index contributed by atoms with van der Waals surface area (Å²) in [6.45, 7) is 2.01. The number of hydrogen-bond acceptors (Lipinski definition) is 4. The Morgan fingerprint density at radius 2 is 1.50 bits per heavy atom. The molecule has 4 heteroatoms. The van der Waals surface area contributed by atoms with E-state index in [1.807, 2.05) is 6.08 Å². The van der Waals surface area contributed by atoms with Gasteiger partial charge in [-0.3, -0.25) is 0 Å². The summed E-state index contributed by atoms with van der Waals surface area (Å²) in [7, 11) is 0. The molecule has 0 aliphatic heterocycles. The van der Waals surface area contributed by atoms with Gasteiger partial charge in [-0.1, -0.05) is 64.0 Å². The zero-order valence-corrected chi connectivity index (χ0v) is 14.3. The van der Waals surface area contributed by atoms with E-state index in [9.17, 15) is 10.2 Å². The van der Waals surface area contributed by atoms with Crippen molar-refractivity contribution in [2.24, 2.45) is 5.73 Å². The van der Waals surface area contributed by atoms with Gasteiger partial charge in [-0.2, -0.15) is 0 Å². The minimum absolute atomic E-state index is 0.231. The SMILES string of the molecule is CCCCCCCCCCC=CC(O)CCC(O)C(N)CO. The Balaban J connectivity index is 3.44. The van der Waals surface area contributed by atoms with E-state index in [1.165, 1.54) is 51.4 Å². The van der Waals surface area contributed by atoms with E-state index in [0.717, 1.165) is 6.42 Å². The van der Waals surface area contributed by atoms with Gasteiger partial charge in [0.25, 0.3) is 0 Å². The van der Waals surface area contributed by atoms with Gasteiger partial charge in [0, 0.05) is 0 Å². The molecule has 0 aliphatic carbocycles. The van der Waals surface area contributed by atoms with Crippen LogP contribution in [0, 0.1) is 0 Å². The first kappa shape index (κ1) is 21.6. The van der Waals surface area contributed by atoms with E-state index in [2.05, 4.69) is 6.92 Å². The highest BCUT2D eigenvalue weighted by molar-refractivity contribution is 4.89. The summed E-state index contributed by atoms with van der Waals surface area (Å²) in [4.78, 5) is 0. The molecule has 5 N–H and O–H groups in total. The molecule has 0 radical (unpaired) electrons. The second-order valence-electron chi connectivity index (χ2n) is 6.25. The average molecular weight is 315 g/mol. The number of aliphatic hydroxyl groups is 3. The van der Waals surface area contributed by atoms with Crippen LogP contribution in [-0.2, 0) is 0 Å². The van der Waals surface area contributed by atoms with Crippen molar-refractivity contribution in [2.45, 2.75) is 95.8 Å². The Hall–Kier alpha value is -0.420. The largest absolute Gasteiger partial charge is 0.395 e. The van der Waals surface area contributed by atoms with Crippen LogP contribution in [0.4, 0.5) is 0 Å². The maximum Gasteiger partial charge on any atom is 0.0721 e. The van der Waals surface area contributed by atoms with Gasteiger partial charge in [-0.25, -0.2) is 0 Å². The molecule has 22 heavy (non-hydrogen) atoms. The molecule has 4 nitrogen and oxygen atoms in total. The lowest BCUT2D eigenvalue weighted by atomic mass is 10.0. The fourth-order valence-corrected chi connectivity index (χ4v) is 2.42. The molecular formula is C18H37NO3. The van der Waals surface area contributed by atoms with Crippen LogP contribution in [0.5, 0.6) is 0 Å². The molecule has 0 rings (SSSR count). The Kier molecular flexibility index (Phi) is 15.2. The Morgan fingerprint density at radius 1 is 0.909 bits per heavy atom. The van der Waals surface area contributed by atoms with E-state index in [4.69, 9.17) is 10.8 Å². The number of unbranched alkanes of at least 4 members (excludes halogenated alkanes) is 8. The van der Waals surface area contributed by atoms with Crippen molar-refractivity contribution in [3.8, 4) is 0 Å². The third kappa shape index (κ3) is 13.3. The number of rotatable bonds is 15. The minimum atomic E-state index is -0.749. The number of allylic oxidation sites excluding steroid dienone is 1. The van der Waals surface area contributed by atoms with Gasteiger partial charge in [0.05, 0.1) is 24.9 Å². The monoisotopic (exact) mass is 315 g/mol. The van der Waals surface area contributed by atoms with Crippen LogP contribution in [0.15, 0.2) is 12.2 Å². The highest BCUT2D eigenvalue weighted by Gasteiger charge is 2.14. The van der Waals surface area contributed by atoms with Gasteiger partial charge in [0.2, 0.25) is 0 Å². The van der Waals surface area contributed by atoms with Gasteiger partial charge in [0.1, 0.15) is 0 Å². The smallest absolute Gasteiger partial charge is 0.0721 e. The molecule has 0 saturated carbocycles. The average Bonchev–Trinajstić information content (AvgIpc) is 2.53. The topological polar surface area (TPSA) is 86.7 Å².